The number of hydrogen-bond donors (Lipinski definition) is 0. The minimum absolute atomic E-state index is 0.115. The molecule has 6 heteroatoms. The number of anilines is 1. The molecule has 2 fully saturated rings. The van der Waals surface area contributed by atoms with Crippen LogP contribution in [-0.2, 0) is 0 Å². The molecule has 0 radical (unpaired) electrons. The van der Waals surface area contributed by atoms with E-state index in [0.29, 0.717) is 16.8 Å². The molecule has 2 saturated heterocycles. The number of rotatable bonds is 3. The first-order valence-electron chi connectivity index (χ1n) is 8.08. The van der Waals surface area contributed by atoms with Gasteiger partial charge >= 0.3 is 0 Å². The zero-order valence-corrected chi connectivity index (χ0v) is 13.5. The average Bonchev–Trinajstić information content (AvgIpc) is 2.55. The quantitative estimate of drug-likeness (QED) is 0.628. The highest BCUT2D eigenvalue weighted by Gasteiger charge is 2.29. The van der Waals surface area contributed by atoms with E-state index >= 15 is 0 Å². The van der Waals surface area contributed by atoms with Crippen molar-refractivity contribution in [3.8, 4) is 0 Å². The fourth-order valence-electron chi connectivity index (χ4n) is 3.70. The molecule has 0 unspecified atom stereocenters. The molecule has 2 aliphatic rings. The average molecular weight is 324 g/mol. The number of benzene rings is 1. The van der Waals surface area contributed by atoms with Gasteiger partial charge in [0.2, 0.25) is 0 Å². The topological polar surface area (TPSA) is 49.6 Å². The second-order valence-corrected chi connectivity index (χ2v) is 6.59. The van der Waals surface area contributed by atoms with Gasteiger partial charge in [-0.2, -0.15) is 0 Å². The number of piperidine rings is 2. The van der Waals surface area contributed by atoms with Crippen LogP contribution >= 0.6 is 11.6 Å². The van der Waals surface area contributed by atoms with Crippen molar-refractivity contribution in [2.45, 2.75) is 38.1 Å². The summed E-state index contributed by atoms with van der Waals surface area (Å²) in [6.07, 6.45) is 6.07. The molecule has 5 nitrogen and oxygen atoms in total. The molecule has 2 heterocycles. The zero-order valence-electron chi connectivity index (χ0n) is 12.7. The lowest BCUT2D eigenvalue weighted by Gasteiger charge is -2.40. The first-order valence-corrected chi connectivity index (χ1v) is 8.46. The Morgan fingerprint density at radius 2 is 1.77 bits per heavy atom. The van der Waals surface area contributed by atoms with Crippen LogP contribution in [0.4, 0.5) is 11.4 Å². The maximum atomic E-state index is 11.2. The van der Waals surface area contributed by atoms with E-state index in [-0.39, 0.29) is 10.6 Å². The number of nitro groups is 1. The number of para-hydroxylation sites is 1. The maximum absolute atomic E-state index is 11.2. The lowest BCUT2D eigenvalue weighted by atomic mass is 9.99. The van der Waals surface area contributed by atoms with Crippen molar-refractivity contribution in [1.29, 1.82) is 0 Å². The Hall–Kier alpha value is -1.33. The van der Waals surface area contributed by atoms with Crippen LogP contribution in [0.5, 0.6) is 0 Å². The van der Waals surface area contributed by atoms with Gasteiger partial charge < -0.3 is 9.80 Å². The fourth-order valence-corrected chi connectivity index (χ4v) is 3.99. The number of hydrogen-bond acceptors (Lipinski definition) is 4. The van der Waals surface area contributed by atoms with Crippen LogP contribution in [-0.4, -0.2) is 42.0 Å². The molecule has 0 bridgehead atoms. The molecule has 0 saturated carbocycles. The van der Waals surface area contributed by atoms with Crippen LogP contribution in [0.15, 0.2) is 18.2 Å². The number of likely N-dealkylation sites (tertiary alicyclic amines) is 1. The van der Waals surface area contributed by atoms with E-state index in [1.165, 1.54) is 38.4 Å². The van der Waals surface area contributed by atoms with Crippen LogP contribution in [0.1, 0.15) is 32.1 Å². The molecule has 120 valence electrons. The highest BCUT2D eigenvalue weighted by atomic mass is 35.5. The summed E-state index contributed by atoms with van der Waals surface area (Å²) in [5, 5.41) is 11.7. The highest BCUT2D eigenvalue weighted by Crippen LogP contribution is 2.37. The van der Waals surface area contributed by atoms with Crippen LogP contribution in [0, 0.1) is 10.1 Å². The summed E-state index contributed by atoms with van der Waals surface area (Å²) >= 11 is 6.24. The predicted molar refractivity (Wildman–Crippen MR) is 88.8 cm³/mol. The van der Waals surface area contributed by atoms with Gasteiger partial charge in [-0.3, -0.25) is 10.1 Å². The van der Waals surface area contributed by atoms with Gasteiger partial charge in [-0.1, -0.05) is 24.1 Å². The fraction of sp³-hybridized carbons (Fsp3) is 0.625. The summed E-state index contributed by atoms with van der Waals surface area (Å²) in [5.74, 6) is 0. The molecule has 0 aliphatic carbocycles. The van der Waals surface area contributed by atoms with Gasteiger partial charge in [0.25, 0.3) is 5.69 Å². The summed E-state index contributed by atoms with van der Waals surface area (Å²) in [6.45, 7) is 4.09. The molecule has 1 aromatic carbocycles. The van der Waals surface area contributed by atoms with Gasteiger partial charge in [-0.15, -0.1) is 0 Å². The normalized spacial score (nSPS) is 21.0. The van der Waals surface area contributed by atoms with Crippen LogP contribution in [0.3, 0.4) is 0 Å². The van der Waals surface area contributed by atoms with E-state index in [1.807, 2.05) is 0 Å². The van der Waals surface area contributed by atoms with Crippen LogP contribution < -0.4 is 4.90 Å². The monoisotopic (exact) mass is 323 g/mol. The van der Waals surface area contributed by atoms with Crippen molar-refractivity contribution in [3.63, 3.8) is 0 Å². The standard InChI is InChI=1S/C16H22ClN3O2/c17-14-5-4-6-15(20(21)22)16(14)19-11-7-13(8-12-19)18-9-2-1-3-10-18/h4-6,13H,1-3,7-12H2. The highest BCUT2D eigenvalue weighted by molar-refractivity contribution is 6.33. The van der Waals surface area contributed by atoms with Crippen LogP contribution in [0.2, 0.25) is 5.02 Å². The van der Waals surface area contributed by atoms with Crippen molar-refractivity contribution in [1.82, 2.24) is 4.90 Å². The lowest BCUT2D eigenvalue weighted by Crippen LogP contribution is -2.46. The Morgan fingerprint density at radius 3 is 2.41 bits per heavy atom. The Labute approximate surface area is 136 Å². The number of halogens is 1. The third-order valence-electron chi connectivity index (χ3n) is 4.85. The molecule has 3 rings (SSSR count). The van der Waals surface area contributed by atoms with Crippen molar-refractivity contribution >= 4 is 23.0 Å². The van der Waals surface area contributed by atoms with Gasteiger partial charge in [0, 0.05) is 25.2 Å². The van der Waals surface area contributed by atoms with E-state index in [2.05, 4.69) is 9.80 Å². The van der Waals surface area contributed by atoms with E-state index in [4.69, 9.17) is 11.6 Å². The number of nitro benzene ring substituents is 1. The van der Waals surface area contributed by atoms with E-state index in [9.17, 15) is 10.1 Å². The molecule has 0 aromatic heterocycles. The maximum Gasteiger partial charge on any atom is 0.294 e. The second-order valence-electron chi connectivity index (χ2n) is 6.18. The molecule has 22 heavy (non-hydrogen) atoms. The first kappa shape index (κ1) is 15.6. The largest absolute Gasteiger partial charge is 0.365 e. The SMILES string of the molecule is O=[N+]([O-])c1cccc(Cl)c1N1CCC(N2CCCCC2)CC1. The van der Waals surface area contributed by atoms with Crippen molar-refractivity contribution in [3.05, 3.63) is 33.3 Å². The summed E-state index contributed by atoms with van der Waals surface area (Å²) in [7, 11) is 0. The number of nitrogens with zero attached hydrogens (tertiary/aromatic N) is 3. The minimum atomic E-state index is -0.335. The Balaban J connectivity index is 1.70. The molecule has 2 aliphatic heterocycles. The van der Waals surface area contributed by atoms with E-state index in [1.54, 1.807) is 12.1 Å². The van der Waals surface area contributed by atoms with Gasteiger partial charge in [0.1, 0.15) is 5.69 Å². The van der Waals surface area contributed by atoms with E-state index < -0.39 is 0 Å². The molecular weight excluding hydrogens is 302 g/mol. The third-order valence-corrected chi connectivity index (χ3v) is 5.15. The zero-order chi connectivity index (χ0) is 15.5. The molecular formula is C16H22ClN3O2. The smallest absolute Gasteiger partial charge is 0.294 e. The minimum Gasteiger partial charge on any atom is -0.365 e. The van der Waals surface area contributed by atoms with Gasteiger partial charge in [-0.25, -0.2) is 0 Å². The molecule has 0 spiro atoms. The van der Waals surface area contributed by atoms with Crippen LogP contribution in [0.25, 0.3) is 0 Å². The summed E-state index contributed by atoms with van der Waals surface area (Å²) in [6, 6.07) is 5.54. The molecule has 0 atom stereocenters. The van der Waals surface area contributed by atoms with Gasteiger partial charge in [-0.05, 0) is 44.8 Å². The van der Waals surface area contributed by atoms with E-state index in [0.717, 1.165) is 25.9 Å². The predicted octanol–water partition coefficient (Wildman–Crippen LogP) is 3.70. The Morgan fingerprint density at radius 1 is 1.09 bits per heavy atom. The summed E-state index contributed by atoms with van der Waals surface area (Å²) in [4.78, 5) is 15.6. The van der Waals surface area contributed by atoms with Crippen molar-refractivity contribution in [2.75, 3.05) is 31.1 Å². The second kappa shape index (κ2) is 6.84. The van der Waals surface area contributed by atoms with Crippen molar-refractivity contribution < 1.29 is 4.92 Å². The molecule has 1 aromatic rings. The third kappa shape index (κ3) is 3.20. The first-order chi connectivity index (χ1) is 10.7. The summed E-state index contributed by atoms with van der Waals surface area (Å²) < 4.78 is 0. The molecule has 0 amide bonds. The summed E-state index contributed by atoms with van der Waals surface area (Å²) in [5.41, 5.74) is 0.704. The van der Waals surface area contributed by atoms with Gasteiger partial charge in [0.05, 0.1) is 9.95 Å². The lowest BCUT2D eigenvalue weighted by molar-refractivity contribution is -0.384. The Bertz CT molecular complexity index is 538. The Kier molecular flexibility index (Phi) is 4.84. The molecule has 0 N–H and O–H groups in total. The van der Waals surface area contributed by atoms with Gasteiger partial charge in [0.15, 0.2) is 0 Å². The van der Waals surface area contributed by atoms with Crippen molar-refractivity contribution in [2.24, 2.45) is 0 Å².